The molecule has 0 unspecified atom stereocenters. The van der Waals surface area contributed by atoms with Crippen LogP contribution in [0, 0.1) is 0 Å². The lowest BCUT2D eigenvalue weighted by molar-refractivity contribution is 0.384. The molecule has 1 aromatic rings. The first-order valence-electron chi connectivity index (χ1n) is 4.63. The number of rotatable bonds is 5. The molecular formula is C9H13NO4S. The van der Waals surface area contributed by atoms with Crippen LogP contribution in [0.15, 0.2) is 18.3 Å². The second-order valence-electron chi connectivity index (χ2n) is 3.06. The van der Waals surface area contributed by atoms with Crippen LogP contribution in [0.1, 0.15) is 25.5 Å². The molecule has 0 saturated heterocycles. The van der Waals surface area contributed by atoms with Gasteiger partial charge < -0.3 is 4.18 Å². The molecule has 1 heterocycles. The molecule has 0 aliphatic heterocycles. The first-order chi connectivity index (χ1) is 7.03. The van der Waals surface area contributed by atoms with Crippen molar-refractivity contribution in [1.82, 2.24) is 4.98 Å². The highest BCUT2D eigenvalue weighted by atomic mass is 32.3. The van der Waals surface area contributed by atoms with E-state index in [0.29, 0.717) is 12.1 Å². The number of unbranched alkanes of at least 4 members (excludes halogenated alkanes) is 1. The average Bonchev–Trinajstić information content (AvgIpc) is 2.14. The molecule has 0 spiro atoms. The van der Waals surface area contributed by atoms with Crippen LogP contribution in [0.3, 0.4) is 0 Å². The van der Waals surface area contributed by atoms with Gasteiger partial charge in [-0.1, -0.05) is 13.3 Å². The first kappa shape index (κ1) is 11.9. The van der Waals surface area contributed by atoms with Gasteiger partial charge in [0.1, 0.15) is 0 Å². The molecule has 0 amide bonds. The third-order valence-corrected chi connectivity index (χ3v) is 2.20. The number of hydrogen-bond acceptors (Lipinski definition) is 4. The van der Waals surface area contributed by atoms with Crippen LogP contribution in [0.2, 0.25) is 0 Å². The zero-order chi connectivity index (χ0) is 11.3. The number of aryl methyl sites for hydroxylation is 1. The molecule has 0 aliphatic carbocycles. The zero-order valence-corrected chi connectivity index (χ0v) is 9.20. The fourth-order valence-electron chi connectivity index (χ4n) is 1.14. The average molecular weight is 231 g/mol. The Morgan fingerprint density at radius 3 is 2.87 bits per heavy atom. The van der Waals surface area contributed by atoms with Crippen LogP contribution < -0.4 is 4.18 Å². The Morgan fingerprint density at radius 1 is 1.53 bits per heavy atom. The molecule has 1 rings (SSSR count). The summed E-state index contributed by atoms with van der Waals surface area (Å²) >= 11 is 0. The van der Waals surface area contributed by atoms with Gasteiger partial charge in [0, 0.05) is 6.20 Å². The van der Waals surface area contributed by atoms with Gasteiger partial charge in [-0.05, 0) is 25.0 Å². The largest absolute Gasteiger partial charge is 0.446 e. The van der Waals surface area contributed by atoms with Gasteiger partial charge >= 0.3 is 10.4 Å². The minimum absolute atomic E-state index is 0.0912. The van der Waals surface area contributed by atoms with E-state index in [4.69, 9.17) is 4.55 Å². The lowest BCUT2D eigenvalue weighted by Gasteiger charge is -2.06. The number of aromatic nitrogens is 1. The predicted octanol–water partition coefficient (Wildman–Crippen LogP) is 1.61. The van der Waals surface area contributed by atoms with E-state index >= 15 is 0 Å². The van der Waals surface area contributed by atoms with E-state index < -0.39 is 10.4 Å². The molecule has 5 nitrogen and oxygen atoms in total. The van der Waals surface area contributed by atoms with Crippen molar-refractivity contribution in [2.75, 3.05) is 0 Å². The van der Waals surface area contributed by atoms with E-state index in [1.165, 1.54) is 6.07 Å². The van der Waals surface area contributed by atoms with E-state index in [1.807, 2.05) is 6.92 Å². The van der Waals surface area contributed by atoms with Crippen LogP contribution >= 0.6 is 0 Å². The Bertz CT molecular complexity index is 416. The lowest BCUT2D eigenvalue weighted by Crippen LogP contribution is -2.09. The maximum atomic E-state index is 10.5. The Hall–Kier alpha value is -1.14. The molecule has 15 heavy (non-hydrogen) atoms. The van der Waals surface area contributed by atoms with E-state index in [9.17, 15) is 8.42 Å². The van der Waals surface area contributed by atoms with Crippen LogP contribution in [0.25, 0.3) is 0 Å². The summed E-state index contributed by atoms with van der Waals surface area (Å²) < 4.78 is 34.0. The third-order valence-electron chi connectivity index (χ3n) is 1.81. The van der Waals surface area contributed by atoms with Gasteiger partial charge in [0.2, 0.25) is 0 Å². The fraction of sp³-hybridized carbons (Fsp3) is 0.444. The molecule has 1 N–H and O–H groups in total. The summed E-state index contributed by atoms with van der Waals surface area (Å²) in [6.45, 7) is 2.02. The van der Waals surface area contributed by atoms with Crippen molar-refractivity contribution in [2.45, 2.75) is 26.2 Å². The highest BCUT2D eigenvalue weighted by molar-refractivity contribution is 7.81. The Balaban J connectivity index is 2.86. The van der Waals surface area contributed by atoms with Gasteiger partial charge in [0.05, 0.1) is 5.69 Å². The Labute approximate surface area is 89.1 Å². The van der Waals surface area contributed by atoms with Gasteiger partial charge in [0.25, 0.3) is 0 Å². The second kappa shape index (κ2) is 5.09. The predicted molar refractivity (Wildman–Crippen MR) is 55.0 cm³/mol. The number of pyridine rings is 1. The molecule has 6 heteroatoms. The van der Waals surface area contributed by atoms with Crippen molar-refractivity contribution in [1.29, 1.82) is 0 Å². The van der Waals surface area contributed by atoms with Crippen molar-refractivity contribution < 1.29 is 17.2 Å². The van der Waals surface area contributed by atoms with Gasteiger partial charge in [-0.15, -0.1) is 0 Å². The van der Waals surface area contributed by atoms with Gasteiger partial charge in [-0.3, -0.25) is 9.54 Å². The van der Waals surface area contributed by atoms with E-state index in [1.54, 1.807) is 12.3 Å². The highest BCUT2D eigenvalue weighted by Gasteiger charge is 2.11. The summed E-state index contributed by atoms with van der Waals surface area (Å²) in [5, 5.41) is 0. The summed E-state index contributed by atoms with van der Waals surface area (Å²) in [4.78, 5) is 4.00. The van der Waals surface area contributed by atoms with E-state index in [2.05, 4.69) is 9.17 Å². The van der Waals surface area contributed by atoms with Crippen LogP contribution in [0.4, 0.5) is 0 Å². The van der Waals surface area contributed by atoms with Crippen LogP contribution in [0.5, 0.6) is 5.75 Å². The van der Waals surface area contributed by atoms with Crippen molar-refractivity contribution in [2.24, 2.45) is 0 Å². The topological polar surface area (TPSA) is 76.5 Å². The minimum Gasteiger partial charge on any atom is -0.360 e. The quantitative estimate of drug-likeness (QED) is 0.779. The molecule has 0 saturated carbocycles. The molecule has 0 fully saturated rings. The molecule has 0 aliphatic rings. The summed E-state index contributed by atoms with van der Waals surface area (Å²) in [6, 6.07) is 3.02. The highest BCUT2D eigenvalue weighted by Crippen LogP contribution is 2.18. The summed E-state index contributed by atoms with van der Waals surface area (Å²) in [5.74, 6) is 0.0912. The van der Waals surface area contributed by atoms with Crippen molar-refractivity contribution in [3.63, 3.8) is 0 Å². The van der Waals surface area contributed by atoms with Crippen LogP contribution in [-0.4, -0.2) is 18.0 Å². The fourth-order valence-corrected chi connectivity index (χ4v) is 1.52. The van der Waals surface area contributed by atoms with Crippen LogP contribution in [-0.2, 0) is 16.8 Å². The molecule has 84 valence electrons. The second-order valence-corrected chi connectivity index (χ2v) is 4.08. The molecule has 0 aromatic carbocycles. The van der Waals surface area contributed by atoms with Gasteiger partial charge in [-0.25, -0.2) is 0 Å². The lowest BCUT2D eigenvalue weighted by atomic mass is 10.2. The number of nitrogens with zero attached hydrogens (tertiary/aromatic N) is 1. The maximum absolute atomic E-state index is 10.5. The first-order valence-corrected chi connectivity index (χ1v) is 6.00. The maximum Gasteiger partial charge on any atom is 0.446 e. The minimum atomic E-state index is -4.46. The SMILES string of the molecule is CCCCc1ncccc1OS(=O)(=O)O. The summed E-state index contributed by atoms with van der Waals surface area (Å²) in [6.07, 6.45) is 4.05. The molecule has 0 bridgehead atoms. The normalized spacial score (nSPS) is 11.3. The standard InChI is InChI=1S/C9H13NO4S/c1-2-3-5-8-9(6-4-7-10-8)14-15(11,12)13/h4,6-7H,2-3,5H2,1H3,(H,11,12,13). The zero-order valence-electron chi connectivity index (χ0n) is 8.38. The van der Waals surface area contributed by atoms with E-state index in [-0.39, 0.29) is 5.75 Å². The summed E-state index contributed by atoms with van der Waals surface area (Å²) in [7, 11) is -4.46. The Morgan fingerprint density at radius 2 is 2.27 bits per heavy atom. The molecule has 0 radical (unpaired) electrons. The third kappa shape index (κ3) is 4.26. The molecule has 0 atom stereocenters. The molecule has 1 aromatic heterocycles. The van der Waals surface area contributed by atoms with E-state index in [0.717, 1.165) is 12.8 Å². The molecular weight excluding hydrogens is 218 g/mol. The van der Waals surface area contributed by atoms with Gasteiger partial charge in [0.15, 0.2) is 5.75 Å². The monoisotopic (exact) mass is 231 g/mol. The Kier molecular flexibility index (Phi) is 4.05. The number of hydrogen-bond donors (Lipinski definition) is 1. The smallest absolute Gasteiger partial charge is 0.360 e. The van der Waals surface area contributed by atoms with Gasteiger partial charge in [-0.2, -0.15) is 8.42 Å². The van der Waals surface area contributed by atoms with Crippen molar-refractivity contribution >= 4 is 10.4 Å². The summed E-state index contributed by atoms with van der Waals surface area (Å²) in [5.41, 5.74) is 0.539. The van der Waals surface area contributed by atoms with Crippen molar-refractivity contribution in [3.05, 3.63) is 24.0 Å². The van der Waals surface area contributed by atoms with Crippen molar-refractivity contribution in [3.8, 4) is 5.75 Å².